The van der Waals surface area contributed by atoms with Gasteiger partial charge in [0.15, 0.2) is 0 Å². The predicted molar refractivity (Wildman–Crippen MR) is 110 cm³/mol. The normalized spacial score (nSPS) is 21.2. The number of nitrogens with zero attached hydrogens (tertiary/aromatic N) is 2. The fourth-order valence-corrected chi connectivity index (χ4v) is 4.69. The second-order valence-corrected chi connectivity index (χ2v) is 8.04. The van der Waals surface area contributed by atoms with Crippen molar-refractivity contribution in [2.24, 2.45) is 5.41 Å². The van der Waals surface area contributed by atoms with E-state index in [-0.39, 0.29) is 17.8 Å². The Morgan fingerprint density at radius 3 is 2.86 bits per heavy atom. The number of likely N-dealkylation sites (tertiary alicyclic amines) is 1. The fourth-order valence-electron chi connectivity index (χ4n) is 4.69. The Morgan fingerprint density at radius 2 is 2.10 bits per heavy atom. The number of amides is 1. The monoisotopic (exact) mass is 397 g/mol. The fraction of sp³-hybridized carbons (Fsp3) is 0.478. The molecule has 2 saturated heterocycles. The molecule has 1 amide bonds. The van der Waals surface area contributed by atoms with E-state index >= 15 is 0 Å². The molecule has 0 saturated carbocycles. The summed E-state index contributed by atoms with van der Waals surface area (Å²) in [6.07, 6.45) is 5.36. The minimum absolute atomic E-state index is 0.0398. The minimum Gasteiger partial charge on any atom is -0.381 e. The number of carbonyl (C=O) groups excluding carboxylic acids is 1. The second-order valence-electron chi connectivity index (χ2n) is 8.04. The summed E-state index contributed by atoms with van der Waals surface area (Å²) in [5.41, 5.74) is 1.10. The molecule has 1 N–H and O–H groups in total. The largest absolute Gasteiger partial charge is 0.381 e. The zero-order chi connectivity index (χ0) is 20.3. The summed E-state index contributed by atoms with van der Waals surface area (Å²) in [5, 5.41) is 3.07. The number of ether oxygens (including phenoxy) is 1. The van der Waals surface area contributed by atoms with Crippen molar-refractivity contribution in [2.75, 3.05) is 32.1 Å². The van der Waals surface area contributed by atoms with Crippen LogP contribution in [0.2, 0.25) is 0 Å². The molecule has 0 unspecified atom stereocenters. The van der Waals surface area contributed by atoms with E-state index < -0.39 is 5.41 Å². The molecule has 3 heterocycles. The number of halogens is 1. The molecule has 2 aromatic rings. The molecule has 0 aliphatic carbocycles. The quantitative estimate of drug-likeness (QED) is 0.830. The van der Waals surface area contributed by atoms with Crippen molar-refractivity contribution < 1.29 is 13.9 Å². The lowest BCUT2D eigenvalue weighted by Crippen LogP contribution is -2.48. The van der Waals surface area contributed by atoms with Gasteiger partial charge in [0.05, 0.1) is 11.5 Å². The average molecular weight is 397 g/mol. The number of nitrogens with one attached hydrogen (secondary N) is 1. The highest BCUT2D eigenvalue weighted by Gasteiger charge is 2.45. The molecular weight excluding hydrogens is 369 g/mol. The molecule has 0 radical (unpaired) electrons. The maximum atomic E-state index is 14.4. The van der Waals surface area contributed by atoms with Gasteiger partial charge in [0.2, 0.25) is 5.91 Å². The number of benzene rings is 1. The van der Waals surface area contributed by atoms with Crippen molar-refractivity contribution in [3.8, 4) is 0 Å². The summed E-state index contributed by atoms with van der Waals surface area (Å²) in [7, 11) is 1.84. The van der Waals surface area contributed by atoms with Crippen LogP contribution in [-0.2, 0) is 16.0 Å². The first-order chi connectivity index (χ1) is 14.1. The zero-order valence-electron chi connectivity index (χ0n) is 16.9. The third-order valence-electron chi connectivity index (χ3n) is 6.33. The van der Waals surface area contributed by atoms with Gasteiger partial charge in [-0.15, -0.1) is 0 Å². The number of hydrogen-bond acceptors (Lipinski definition) is 4. The Balaban J connectivity index is 1.64. The molecule has 29 heavy (non-hydrogen) atoms. The summed E-state index contributed by atoms with van der Waals surface area (Å²) < 4.78 is 20.0. The van der Waals surface area contributed by atoms with Gasteiger partial charge < -0.3 is 15.0 Å². The van der Waals surface area contributed by atoms with Gasteiger partial charge in [-0.1, -0.05) is 18.2 Å². The van der Waals surface area contributed by atoms with Crippen LogP contribution >= 0.6 is 0 Å². The smallest absolute Gasteiger partial charge is 0.229 e. The zero-order valence-corrected chi connectivity index (χ0v) is 16.9. The molecule has 4 rings (SSSR count). The van der Waals surface area contributed by atoms with Crippen LogP contribution in [0.1, 0.15) is 42.9 Å². The topological polar surface area (TPSA) is 54.5 Å². The third kappa shape index (κ3) is 3.99. The lowest BCUT2D eigenvalue weighted by Gasteiger charge is -2.40. The summed E-state index contributed by atoms with van der Waals surface area (Å²) in [5.74, 6) is 0.695. The highest BCUT2D eigenvalue weighted by atomic mass is 19.1. The molecular formula is C23H28FN3O2. The van der Waals surface area contributed by atoms with Crippen LogP contribution in [0.15, 0.2) is 42.6 Å². The van der Waals surface area contributed by atoms with Crippen molar-refractivity contribution in [1.29, 1.82) is 0 Å². The van der Waals surface area contributed by atoms with E-state index in [1.807, 2.05) is 30.1 Å². The van der Waals surface area contributed by atoms with Gasteiger partial charge in [-0.25, -0.2) is 9.37 Å². The molecule has 1 aromatic heterocycles. The molecule has 1 atom stereocenters. The number of anilines is 1. The van der Waals surface area contributed by atoms with E-state index in [9.17, 15) is 9.18 Å². The van der Waals surface area contributed by atoms with Crippen LogP contribution in [0, 0.1) is 11.2 Å². The first-order valence-corrected chi connectivity index (χ1v) is 10.4. The maximum Gasteiger partial charge on any atom is 0.229 e. The van der Waals surface area contributed by atoms with Crippen molar-refractivity contribution >= 4 is 11.7 Å². The Kier molecular flexibility index (Phi) is 5.81. The van der Waals surface area contributed by atoms with Gasteiger partial charge in [-0.2, -0.15) is 0 Å². The van der Waals surface area contributed by atoms with E-state index in [2.05, 4.69) is 10.3 Å². The molecule has 5 nitrogen and oxygen atoms in total. The summed E-state index contributed by atoms with van der Waals surface area (Å²) in [6, 6.07) is 10.8. The molecule has 1 aromatic carbocycles. The number of hydrogen-bond donors (Lipinski definition) is 1. The standard InChI is InChI=1S/C23H28FN3O2/c1-25-21-15-17(8-11-26-21)20-7-4-12-27(20)22(28)23(9-13-29-14-10-23)16-18-5-2-3-6-19(18)24/h2-3,5-6,8,11,15,20H,4,7,9-10,12-14,16H2,1H3,(H,25,26)/t20-/m1/s1. The first kappa shape index (κ1) is 19.8. The Labute approximate surface area is 171 Å². The minimum atomic E-state index is -0.609. The molecule has 154 valence electrons. The Bertz CT molecular complexity index is 867. The summed E-state index contributed by atoms with van der Waals surface area (Å²) in [6.45, 7) is 1.82. The highest BCUT2D eigenvalue weighted by molar-refractivity contribution is 5.84. The van der Waals surface area contributed by atoms with Crippen LogP contribution in [0.25, 0.3) is 0 Å². The van der Waals surface area contributed by atoms with E-state index in [1.165, 1.54) is 6.07 Å². The number of aromatic nitrogens is 1. The van der Waals surface area contributed by atoms with Crippen LogP contribution in [-0.4, -0.2) is 42.6 Å². The van der Waals surface area contributed by atoms with Gasteiger partial charge >= 0.3 is 0 Å². The molecule has 0 spiro atoms. The van der Waals surface area contributed by atoms with Crippen molar-refractivity contribution in [1.82, 2.24) is 9.88 Å². The Hall–Kier alpha value is -2.47. The molecule has 0 bridgehead atoms. The van der Waals surface area contributed by atoms with E-state index in [1.54, 1.807) is 18.3 Å². The molecule has 2 aliphatic rings. The highest BCUT2D eigenvalue weighted by Crippen LogP contribution is 2.42. The van der Waals surface area contributed by atoms with Gasteiger partial charge in [0.25, 0.3) is 0 Å². The van der Waals surface area contributed by atoms with Crippen LogP contribution in [0.4, 0.5) is 10.2 Å². The van der Waals surface area contributed by atoms with E-state index in [4.69, 9.17) is 4.74 Å². The molecule has 2 fully saturated rings. The van der Waals surface area contributed by atoms with Crippen LogP contribution in [0.5, 0.6) is 0 Å². The number of rotatable bonds is 5. The Morgan fingerprint density at radius 1 is 1.31 bits per heavy atom. The van der Waals surface area contributed by atoms with Gasteiger partial charge in [-0.05, 0) is 61.4 Å². The molecule has 2 aliphatic heterocycles. The first-order valence-electron chi connectivity index (χ1n) is 10.4. The van der Waals surface area contributed by atoms with Gasteiger partial charge in [0.1, 0.15) is 11.6 Å². The van der Waals surface area contributed by atoms with Crippen molar-refractivity contribution in [3.63, 3.8) is 0 Å². The van der Waals surface area contributed by atoms with Crippen molar-refractivity contribution in [3.05, 3.63) is 59.5 Å². The average Bonchev–Trinajstić information content (AvgIpc) is 3.25. The summed E-state index contributed by atoms with van der Waals surface area (Å²) in [4.78, 5) is 20.2. The number of carbonyl (C=O) groups is 1. The van der Waals surface area contributed by atoms with E-state index in [0.29, 0.717) is 38.0 Å². The van der Waals surface area contributed by atoms with E-state index in [0.717, 1.165) is 30.8 Å². The number of pyridine rings is 1. The van der Waals surface area contributed by atoms with Gasteiger partial charge in [-0.3, -0.25) is 4.79 Å². The van der Waals surface area contributed by atoms with Gasteiger partial charge in [0, 0.05) is 33.0 Å². The van der Waals surface area contributed by atoms with Crippen LogP contribution < -0.4 is 5.32 Å². The third-order valence-corrected chi connectivity index (χ3v) is 6.33. The summed E-state index contributed by atoms with van der Waals surface area (Å²) >= 11 is 0. The molecule has 6 heteroatoms. The van der Waals surface area contributed by atoms with Crippen molar-refractivity contribution in [2.45, 2.75) is 38.1 Å². The maximum absolute atomic E-state index is 14.4. The predicted octanol–water partition coefficient (Wildman–Crippen LogP) is 3.97. The van der Waals surface area contributed by atoms with Crippen LogP contribution in [0.3, 0.4) is 0 Å². The lowest BCUT2D eigenvalue weighted by atomic mass is 9.73. The second kappa shape index (κ2) is 8.49. The lowest BCUT2D eigenvalue weighted by molar-refractivity contribution is -0.149. The SMILES string of the molecule is CNc1cc([C@H]2CCCN2C(=O)C2(Cc3ccccc3F)CCOCC2)ccn1.